The Labute approximate surface area is 164 Å². The Hall–Kier alpha value is -1.58. The molecule has 0 aliphatic heterocycles. The first-order valence-corrected chi connectivity index (χ1v) is 10.9. The lowest BCUT2D eigenvalue weighted by Crippen LogP contribution is -2.04. The lowest BCUT2D eigenvalue weighted by atomic mass is 10.0. The summed E-state index contributed by atoms with van der Waals surface area (Å²) in [6, 6.07) is 0. The highest BCUT2D eigenvalue weighted by Crippen LogP contribution is 2.13. The van der Waals surface area contributed by atoms with Gasteiger partial charge in [-0.05, 0) is 12.8 Å². The van der Waals surface area contributed by atoms with Gasteiger partial charge in [0.25, 0.3) is 0 Å². The summed E-state index contributed by atoms with van der Waals surface area (Å²) in [6.45, 7) is 2.18. The number of carbonyl (C=O) groups is 2. The molecule has 0 aromatic heterocycles. The average molecular weight is 453 g/mol. The minimum atomic E-state index is -4.67. The summed E-state index contributed by atoms with van der Waals surface area (Å²) in [5.41, 5.74) is -0.00603. The zero-order valence-electron chi connectivity index (χ0n) is 15.4. The van der Waals surface area contributed by atoms with Crippen molar-refractivity contribution < 1.29 is 54.8 Å². The van der Waals surface area contributed by atoms with Gasteiger partial charge < -0.3 is 10.2 Å². The molecule has 28 heavy (non-hydrogen) atoms. The highest BCUT2D eigenvalue weighted by atomic mass is 32.3. The summed E-state index contributed by atoms with van der Waals surface area (Å²) in [5, 5.41) is 17.3. The molecule has 0 aromatic rings. The Morgan fingerprint density at radius 3 is 1.32 bits per heavy atom. The van der Waals surface area contributed by atoms with Crippen LogP contribution in [0.1, 0.15) is 64.7 Å². The van der Waals surface area contributed by atoms with E-state index in [0.29, 0.717) is 6.42 Å². The highest BCUT2D eigenvalue weighted by Gasteiger charge is 2.08. The van der Waals surface area contributed by atoms with Crippen LogP contribution in [0.2, 0.25) is 0 Å². The number of carboxylic acid groups (broad SMARTS) is 2. The molecule has 12 nitrogen and oxygen atoms in total. The molecular weight excluding hydrogens is 424 g/mol. The predicted molar refractivity (Wildman–Crippen MR) is 98.9 cm³/mol. The molecule has 14 heteroatoms. The monoisotopic (exact) mass is 452 g/mol. The molecule has 0 unspecified atom stereocenters. The largest absolute Gasteiger partial charge is 0.478 e. The highest BCUT2D eigenvalue weighted by molar-refractivity contribution is 7.80. The third-order valence-corrected chi connectivity index (χ3v) is 2.87. The summed E-state index contributed by atoms with van der Waals surface area (Å²) < 4.78 is 63.2. The van der Waals surface area contributed by atoms with E-state index in [1.165, 1.54) is 32.1 Å². The number of aliphatic carboxylic acids is 2. The van der Waals surface area contributed by atoms with E-state index in [2.05, 4.69) is 6.92 Å². The quantitative estimate of drug-likeness (QED) is 0.151. The minimum Gasteiger partial charge on any atom is -0.478 e. The molecule has 0 atom stereocenters. The lowest BCUT2D eigenvalue weighted by Gasteiger charge is -2.02. The van der Waals surface area contributed by atoms with Gasteiger partial charge in [-0.2, -0.15) is 16.8 Å². The van der Waals surface area contributed by atoms with Crippen molar-refractivity contribution in [1.29, 1.82) is 0 Å². The summed E-state index contributed by atoms with van der Waals surface area (Å²) in [7, 11) is -9.33. The lowest BCUT2D eigenvalue weighted by molar-refractivity contribution is -0.135. The van der Waals surface area contributed by atoms with Crippen molar-refractivity contribution in [2.45, 2.75) is 64.7 Å². The van der Waals surface area contributed by atoms with Crippen LogP contribution < -0.4 is 0 Å². The van der Waals surface area contributed by atoms with E-state index < -0.39 is 32.7 Å². The Bertz CT molecular complexity index is 618. The summed E-state index contributed by atoms with van der Waals surface area (Å²) in [4.78, 5) is 21.2. The summed E-state index contributed by atoms with van der Waals surface area (Å²) >= 11 is 0. The maximum atomic E-state index is 10.7. The van der Waals surface area contributed by atoms with Crippen molar-refractivity contribution in [3.05, 3.63) is 11.6 Å². The molecule has 0 spiro atoms. The molecule has 168 valence electrons. The van der Waals surface area contributed by atoms with Gasteiger partial charge in [-0.1, -0.05) is 51.9 Å². The number of hydrogen-bond donors (Lipinski definition) is 6. The maximum Gasteiger partial charge on any atom is 0.394 e. The van der Waals surface area contributed by atoms with E-state index in [1.54, 1.807) is 0 Å². The molecule has 0 amide bonds. The van der Waals surface area contributed by atoms with E-state index in [-0.39, 0.29) is 5.57 Å². The Morgan fingerprint density at radius 2 is 1.04 bits per heavy atom. The van der Waals surface area contributed by atoms with Crippen LogP contribution in [-0.4, -0.2) is 57.2 Å². The predicted octanol–water partition coefficient (Wildman–Crippen LogP) is 2.31. The third-order valence-electron chi connectivity index (χ3n) is 2.87. The van der Waals surface area contributed by atoms with E-state index >= 15 is 0 Å². The number of rotatable bonds is 11. The average Bonchev–Trinajstić information content (AvgIpc) is 2.44. The molecular formula is C14H28O12S2. The van der Waals surface area contributed by atoms with Crippen molar-refractivity contribution in [2.24, 2.45) is 0 Å². The van der Waals surface area contributed by atoms with Crippen LogP contribution in [0.4, 0.5) is 0 Å². The summed E-state index contributed by atoms with van der Waals surface area (Å²) in [5.74, 6) is -2.31. The van der Waals surface area contributed by atoms with Crippen molar-refractivity contribution in [3.8, 4) is 0 Å². The zero-order valence-corrected chi connectivity index (χ0v) is 17.0. The molecule has 6 N–H and O–H groups in total. The Balaban J connectivity index is -0.000000512. The van der Waals surface area contributed by atoms with Gasteiger partial charge >= 0.3 is 32.7 Å². The van der Waals surface area contributed by atoms with Crippen LogP contribution in [0.3, 0.4) is 0 Å². The first-order chi connectivity index (χ1) is 12.6. The second-order valence-electron chi connectivity index (χ2n) is 5.43. The molecule has 0 fully saturated rings. The Morgan fingerprint density at radius 1 is 0.714 bits per heavy atom. The first-order valence-electron chi connectivity index (χ1n) is 8.14. The van der Waals surface area contributed by atoms with Crippen molar-refractivity contribution in [1.82, 2.24) is 0 Å². The first kappa shape index (κ1) is 31.1. The van der Waals surface area contributed by atoms with Crippen LogP contribution >= 0.6 is 0 Å². The van der Waals surface area contributed by atoms with E-state index in [9.17, 15) is 9.59 Å². The number of unbranched alkanes of at least 4 members (excludes halogenated alkanes) is 7. The Kier molecular flexibility index (Phi) is 19.5. The van der Waals surface area contributed by atoms with E-state index in [0.717, 1.165) is 25.3 Å². The van der Waals surface area contributed by atoms with Crippen molar-refractivity contribution >= 4 is 32.7 Å². The molecule has 0 saturated heterocycles. The van der Waals surface area contributed by atoms with Crippen LogP contribution in [0.15, 0.2) is 11.6 Å². The van der Waals surface area contributed by atoms with Crippen LogP contribution in [0, 0.1) is 0 Å². The second kappa shape index (κ2) is 17.5. The van der Waals surface area contributed by atoms with E-state index in [4.69, 9.17) is 45.3 Å². The zero-order chi connectivity index (χ0) is 22.8. The SMILES string of the molecule is CCCCCCCCCCC(=CC(=O)O)C(=O)O.O=S(=O)(O)O.O=S(=O)(O)O. The van der Waals surface area contributed by atoms with Crippen molar-refractivity contribution in [3.63, 3.8) is 0 Å². The van der Waals surface area contributed by atoms with Crippen LogP contribution in [0.25, 0.3) is 0 Å². The fourth-order valence-corrected chi connectivity index (χ4v) is 1.84. The molecule has 0 heterocycles. The fourth-order valence-electron chi connectivity index (χ4n) is 1.84. The van der Waals surface area contributed by atoms with E-state index in [1.807, 2.05) is 0 Å². The third kappa shape index (κ3) is 49.7. The van der Waals surface area contributed by atoms with Gasteiger partial charge in [-0.3, -0.25) is 18.2 Å². The maximum absolute atomic E-state index is 10.7. The van der Waals surface area contributed by atoms with Gasteiger partial charge in [0.05, 0.1) is 0 Å². The fraction of sp³-hybridized carbons (Fsp3) is 0.714. The molecule has 0 rings (SSSR count). The summed E-state index contributed by atoms with van der Waals surface area (Å²) in [6.07, 6.45) is 10.2. The molecule has 0 bridgehead atoms. The van der Waals surface area contributed by atoms with Crippen LogP contribution in [0.5, 0.6) is 0 Å². The topological polar surface area (TPSA) is 224 Å². The van der Waals surface area contributed by atoms with Crippen molar-refractivity contribution in [2.75, 3.05) is 0 Å². The molecule has 0 saturated carbocycles. The minimum absolute atomic E-state index is 0.00603. The normalized spacial score (nSPS) is 11.5. The van der Waals surface area contributed by atoms with Gasteiger partial charge in [0.2, 0.25) is 0 Å². The van der Waals surface area contributed by atoms with Gasteiger partial charge in [-0.25, -0.2) is 9.59 Å². The molecule has 0 radical (unpaired) electrons. The standard InChI is InChI=1S/C14H24O4.2H2O4S/c1-2-3-4-5-6-7-8-9-10-12(14(17)18)11-13(15)16;2*1-5(2,3)4/h11H,2-10H2,1H3,(H,15,16)(H,17,18);2*(H2,1,2,3,4). The number of hydrogen-bond acceptors (Lipinski definition) is 6. The van der Waals surface area contributed by atoms with Gasteiger partial charge in [0.1, 0.15) is 0 Å². The second-order valence-corrected chi connectivity index (χ2v) is 7.22. The van der Waals surface area contributed by atoms with Crippen LogP contribution in [-0.2, 0) is 30.4 Å². The number of carboxylic acids is 2. The molecule has 0 aliphatic carbocycles. The van der Waals surface area contributed by atoms with Gasteiger partial charge in [0.15, 0.2) is 0 Å². The molecule has 0 aromatic carbocycles. The smallest absolute Gasteiger partial charge is 0.394 e. The van der Waals surface area contributed by atoms with Gasteiger partial charge in [-0.15, -0.1) is 0 Å². The van der Waals surface area contributed by atoms with Gasteiger partial charge in [0, 0.05) is 11.6 Å². The molecule has 0 aliphatic rings.